The second-order valence-corrected chi connectivity index (χ2v) is 9.54. The van der Waals surface area contributed by atoms with E-state index in [-0.39, 0.29) is 5.69 Å². The summed E-state index contributed by atoms with van der Waals surface area (Å²) in [6.45, 7) is 5.05. The lowest BCUT2D eigenvalue weighted by Gasteiger charge is -2.37. The summed E-state index contributed by atoms with van der Waals surface area (Å²) in [5.41, 5.74) is 2.81. The van der Waals surface area contributed by atoms with Gasteiger partial charge in [-0.15, -0.1) is 0 Å². The summed E-state index contributed by atoms with van der Waals surface area (Å²) >= 11 is 0. The highest BCUT2D eigenvalue weighted by Gasteiger charge is 2.31. The van der Waals surface area contributed by atoms with Gasteiger partial charge in [-0.2, -0.15) is 5.10 Å². The van der Waals surface area contributed by atoms with Crippen LogP contribution < -0.4 is 19.7 Å². The summed E-state index contributed by atoms with van der Waals surface area (Å²) in [7, 11) is 2.11. The summed E-state index contributed by atoms with van der Waals surface area (Å²) in [4.78, 5) is 22.4. The number of halogens is 1. The van der Waals surface area contributed by atoms with Crippen LogP contribution >= 0.6 is 0 Å². The lowest BCUT2D eigenvalue weighted by atomic mass is 10.2. The average molecular weight is 514 g/mol. The molecule has 0 radical (unpaired) electrons. The van der Waals surface area contributed by atoms with Gasteiger partial charge < -0.3 is 19.7 Å². The van der Waals surface area contributed by atoms with Crippen molar-refractivity contribution in [2.75, 3.05) is 43.5 Å². The summed E-state index contributed by atoms with van der Waals surface area (Å²) in [5, 5.41) is 7.19. The lowest BCUT2D eigenvalue weighted by molar-refractivity contribution is 0.158. The molecule has 0 saturated carbocycles. The number of likely N-dealkylation sites (N-methyl/N-ethyl adjacent to an activating group) is 1. The fourth-order valence-corrected chi connectivity index (χ4v) is 4.87. The second-order valence-electron chi connectivity index (χ2n) is 9.54. The van der Waals surface area contributed by atoms with Gasteiger partial charge in [0.05, 0.1) is 17.2 Å². The SMILES string of the molecule is Cc1cc(Nc2ncnc3cc4c(nc23)N2CCN(C)[C@H](CO4)C2)c(F)cc1Oc1ccn2ncnc2c1. The van der Waals surface area contributed by atoms with Crippen LogP contribution in [0.2, 0.25) is 0 Å². The van der Waals surface area contributed by atoms with Crippen molar-refractivity contribution in [3.8, 4) is 17.2 Å². The molecule has 1 N–H and O–H groups in total. The number of aromatic nitrogens is 6. The third-order valence-electron chi connectivity index (χ3n) is 7.06. The Labute approximate surface area is 216 Å². The number of fused-ring (bicyclic) bond motifs is 6. The molecular formula is C26H24FN9O2. The molecule has 38 heavy (non-hydrogen) atoms. The molecule has 1 fully saturated rings. The van der Waals surface area contributed by atoms with E-state index in [1.54, 1.807) is 28.9 Å². The Bertz CT molecular complexity index is 1690. The quantitative estimate of drug-likeness (QED) is 0.383. The third kappa shape index (κ3) is 3.89. The highest BCUT2D eigenvalue weighted by Crippen LogP contribution is 2.36. The fraction of sp³-hybridized carbons (Fsp3) is 0.269. The van der Waals surface area contributed by atoms with Crippen molar-refractivity contribution in [1.29, 1.82) is 0 Å². The Balaban J connectivity index is 1.20. The molecule has 0 amide bonds. The average Bonchev–Trinajstić information content (AvgIpc) is 3.33. The van der Waals surface area contributed by atoms with Gasteiger partial charge in [0.15, 0.2) is 23.0 Å². The first-order valence-electron chi connectivity index (χ1n) is 12.3. The first kappa shape index (κ1) is 22.6. The normalized spacial score (nSPS) is 17.2. The molecule has 2 aliphatic rings. The number of anilines is 3. The Hall–Kier alpha value is -4.58. The first-order valence-corrected chi connectivity index (χ1v) is 12.3. The van der Waals surface area contributed by atoms with Crippen LogP contribution in [0.5, 0.6) is 17.2 Å². The van der Waals surface area contributed by atoms with Crippen molar-refractivity contribution in [1.82, 2.24) is 34.4 Å². The number of ether oxygens (including phenoxy) is 2. The van der Waals surface area contributed by atoms with Crippen LogP contribution in [0.1, 0.15) is 5.56 Å². The number of aryl methyl sites for hydroxylation is 1. The highest BCUT2D eigenvalue weighted by atomic mass is 19.1. The van der Waals surface area contributed by atoms with E-state index in [4.69, 9.17) is 14.5 Å². The van der Waals surface area contributed by atoms with Crippen molar-refractivity contribution < 1.29 is 13.9 Å². The van der Waals surface area contributed by atoms with Crippen molar-refractivity contribution in [3.63, 3.8) is 0 Å². The van der Waals surface area contributed by atoms with Crippen LogP contribution in [-0.4, -0.2) is 73.8 Å². The predicted molar refractivity (Wildman–Crippen MR) is 139 cm³/mol. The summed E-state index contributed by atoms with van der Waals surface area (Å²) in [6, 6.07) is 8.71. The van der Waals surface area contributed by atoms with Gasteiger partial charge in [0, 0.05) is 44.0 Å². The Kier molecular flexibility index (Phi) is 5.22. The molecule has 12 heteroatoms. The van der Waals surface area contributed by atoms with E-state index in [1.807, 2.05) is 13.0 Å². The number of hydrogen-bond acceptors (Lipinski definition) is 10. The molecule has 192 valence electrons. The van der Waals surface area contributed by atoms with Gasteiger partial charge in [-0.05, 0) is 31.7 Å². The van der Waals surface area contributed by atoms with Gasteiger partial charge in [-0.25, -0.2) is 28.8 Å². The van der Waals surface area contributed by atoms with Crippen molar-refractivity contribution in [2.24, 2.45) is 0 Å². The van der Waals surface area contributed by atoms with Crippen LogP contribution in [0.15, 0.2) is 49.2 Å². The second kappa shape index (κ2) is 8.77. The number of benzene rings is 1. The van der Waals surface area contributed by atoms with Crippen LogP contribution in [0.3, 0.4) is 0 Å². The molecule has 1 atom stereocenters. The smallest absolute Gasteiger partial charge is 0.172 e. The monoisotopic (exact) mass is 513 g/mol. The number of piperazine rings is 1. The molecule has 0 spiro atoms. The van der Waals surface area contributed by atoms with Gasteiger partial charge in [0.25, 0.3) is 0 Å². The molecule has 5 aromatic rings. The summed E-state index contributed by atoms with van der Waals surface area (Å²) in [5.74, 6) is 2.32. The maximum absolute atomic E-state index is 15.3. The molecule has 7 rings (SSSR count). The van der Waals surface area contributed by atoms with Gasteiger partial charge in [-0.3, -0.25) is 4.90 Å². The van der Waals surface area contributed by atoms with Crippen LogP contribution in [0.4, 0.5) is 21.7 Å². The lowest BCUT2D eigenvalue weighted by Crippen LogP contribution is -2.52. The van der Waals surface area contributed by atoms with E-state index in [0.717, 1.165) is 31.0 Å². The number of pyridine rings is 2. The predicted octanol–water partition coefficient (Wildman–Crippen LogP) is 3.56. The van der Waals surface area contributed by atoms with Crippen LogP contribution in [0.25, 0.3) is 16.7 Å². The third-order valence-corrected chi connectivity index (χ3v) is 7.06. The van der Waals surface area contributed by atoms with Crippen LogP contribution in [-0.2, 0) is 0 Å². The molecule has 0 aliphatic carbocycles. The molecule has 1 saturated heterocycles. The minimum atomic E-state index is -0.485. The minimum absolute atomic E-state index is 0.260. The summed E-state index contributed by atoms with van der Waals surface area (Å²) < 4.78 is 29.0. The molecule has 11 nitrogen and oxygen atoms in total. The van der Waals surface area contributed by atoms with Gasteiger partial charge in [0.2, 0.25) is 0 Å². The van der Waals surface area contributed by atoms with E-state index in [9.17, 15) is 0 Å². The summed E-state index contributed by atoms with van der Waals surface area (Å²) in [6.07, 6.45) is 4.63. The number of rotatable bonds is 4. The molecule has 6 heterocycles. The molecule has 1 aromatic carbocycles. The maximum atomic E-state index is 15.3. The Morgan fingerprint density at radius 3 is 2.95 bits per heavy atom. The molecule has 2 bridgehead atoms. The number of nitrogens with zero attached hydrogens (tertiary/aromatic N) is 8. The fourth-order valence-electron chi connectivity index (χ4n) is 4.87. The Morgan fingerprint density at radius 1 is 1.11 bits per heavy atom. The van der Waals surface area contributed by atoms with E-state index in [0.29, 0.717) is 52.4 Å². The van der Waals surface area contributed by atoms with Crippen molar-refractivity contribution >= 4 is 34.0 Å². The van der Waals surface area contributed by atoms with E-state index >= 15 is 4.39 Å². The largest absolute Gasteiger partial charge is 0.488 e. The van der Waals surface area contributed by atoms with Gasteiger partial charge >= 0.3 is 0 Å². The first-order chi connectivity index (χ1) is 18.5. The zero-order valence-electron chi connectivity index (χ0n) is 20.8. The van der Waals surface area contributed by atoms with E-state index in [1.165, 1.54) is 18.7 Å². The number of hydrogen-bond donors (Lipinski definition) is 1. The topological polar surface area (TPSA) is 106 Å². The Morgan fingerprint density at radius 2 is 2.03 bits per heavy atom. The van der Waals surface area contributed by atoms with E-state index in [2.05, 4.69) is 42.2 Å². The van der Waals surface area contributed by atoms with Crippen molar-refractivity contribution in [3.05, 3.63) is 60.6 Å². The van der Waals surface area contributed by atoms with Gasteiger partial charge in [0.1, 0.15) is 42.1 Å². The van der Waals surface area contributed by atoms with E-state index < -0.39 is 5.82 Å². The maximum Gasteiger partial charge on any atom is 0.172 e. The zero-order valence-corrected chi connectivity index (χ0v) is 20.8. The standard InChI is InChI=1S/C26H24FN9O2/c1-15-7-19(18(27)9-21(15)38-17-3-4-36-23(8-17)29-14-31-36)32-25-24-20(28-13-30-25)10-22-26(33-24)35-6-5-34(2)16(11-35)12-37-22/h3-4,7-10,13-14,16H,5-6,11-12H2,1-2H3,(H,28,30,32)/t16-/m0/s1. The zero-order chi connectivity index (χ0) is 25.8. The van der Waals surface area contributed by atoms with Crippen LogP contribution in [0, 0.1) is 12.7 Å². The van der Waals surface area contributed by atoms with Crippen molar-refractivity contribution in [2.45, 2.75) is 13.0 Å². The minimum Gasteiger partial charge on any atom is -0.488 e. The molecule has 4 aromatic heterocycles. The highest BCUT2D eigenvalue weighted by molar-refractivity contribution is 5.90. The van der Waals surface area contributed by atoms with Gasteiger partial charge in [-0.1, -0.05) is 0 Å². The molecular weight excluding hydrogens is 489 g/mol. The molecule has 2 aliphatic heterocycles. The molecule has 0 unspecified atom stereocenters. The number of nitrogens with one attached hydrogen (secondary N) is 1.